The number of nitrogens with zero attached hydrogens (tertiary/aromatic N) is 2. The molecule has 1 aromatic heterocycles. The van der Waals surface area contributed by atoms with E-state index in [0.29, 0.717) is 5.95 Å². The zero-order chi connectivity index (χ0) is 13.4. The van der Waals surface area contributed by atoms with E-state index in [2.05, 4.69) is 42.0 Å². The van der Waals surface area contributed by atoms with Crippen LogP contribution in [0.1, 0.15) is 11.1 Å². The fourth-order valence-corrected chi connectivity index (χ4v) is 2.43. The van der Waals surface area contributed by atoms with Crippen LogP contribution in [0.4, 0.5) is 5.95 Å². The van der Waals surface area contributed by atoms with Crippen molar-refractivity contribution in [2.75, 3.05) is 5.73 Å². The summed E-state index contributed by atoms with van der Waals surface area (Å²) >= 11 is 0. The van der Waals surface area contributed by atoms with Gasteiger partial charge in [0.1, 0.15) is 0 Å². The molecule has 2 aromatic carbocycles. The molecule has 0 saturated heterocycles. The standard InChI is InChI=1S/C16H15N3/c1-10-7-11(2)9-12(8-10)15-13-5-3-4-6-14(13)18-16(17)19-15/h3-9H,1-2H3,(H2,17,18,19). The largest absolute Gasteiger partial charge is 0.368 e. The maximum Gasteiger partial charge on any atom is 0.221 e. The van der Waals surface area contributed by atoms with Gasteiger partial charge in [-0.05, 0) is 32.0 Å². The first-order valence-electron chi connectivity index (χ1n) is 6.24. The summed E-state index contributed by atoms with van der Waals surface area (Å²) in [7, 11) is 0. The van der Waals surface area contributed by atoms with E-state index in [1.165, 1.54) is 11.1 Å². The summed E-state index contributed by atoms with van der Waals surface area (Å²) in [6, 6.07) is 14.3. The number of nitrogens with two attached hydrogens (primary N) is 1. The van der Waals surface area contributed by atoms with Crippen molar-refractivity contribution in [3.8, 4) is 11.3 Å². The molecule has 3 rings (SSSR count). The molecule has 3 heteroatoms. The lowest BCUT2D eigenvalue weighted by atomic mass is 10.0. The smallest absolute Gasteiger partial charge is 0.221 e. The number of para-hydroxylation sites is 1. The molecule has 19 heavy (non-hydrogen) atoms. The number of aromatic nitrogens is 2. The first-order valence-corrected chi connectivity index (χ1v) is 6.24. The molecule has 0 spiro atoms. The van der Waals surface area contributed by atoms with Crippen molar-refractivity contribution in [1.82, 2.24) is 9.97 Å². The molecule has 94 valence electrons. The second kappa shape index (κ2) is 4.35. The van der Waals surface area contributed by atoms with Crippen LogP contribution in [0.15, 0.2) is 42.5 Å². The second-order valence-corrected chi connectivity index (χ2v) is 4.82. The van der Waals surface area contributed by atoms with E-state index in [9.17, 15) is 0 Å². The molecule has 0 bridgehead atoms. The highest BCUT2D eigenvalue weighted by atomic mass is 15.0. The first-order chi connectivity index (χ1) is 9.13. The molecule has 0 aliphatic heterocycles. The Kier molecular flexibility index (Phi) is 2.67. The van der Waals surface area contributed by atoms with E-state index < -0.39 is 0 Å². The van der Waals surface area contributed by atoms with Crippen molar-refractivity contribution >= 4 is 16.9 Å². The Labute approximate surface area is 112 Å². The minimum absolute atomic E-state index is 0.313. The molecule has 0 aliphatic carbocycles. The Morgan fingerprint density at radius 3 is 2.32 bits per heavy atom. The average molecular weight is 249 g/mol. The molecule has 3 nitrogen and oxygen atoms in total. The van der Waals surface area contributed by atoms with Crippen LogP contribution < -0.4 is 5.73 Å². The predicted molar refractivity (Wildman–Crippen MR) is 78.9 cm³/mol. The van der Waals surface area contributed by atoms with Crippen LogP contribution >= 0.6 is 0 Å². The summed E-state index contributed by atoms with van der Waals surface area (Å²) in [4.78, 5) is 8.69. The highest BCUT2D eigenvalue weighted by Crippen LogP contribution is 2.28. The van der Waals surface area contributed by atoms with Gasteiger partial charge >= 0.3 is 0 Å². The Balaban J connectivity index is 2.35. The van der Waals surface area contributed by atoms with Crippen molar-refractivity contribution in [2.45, 2.75) is 13.8 Å². The Hall–Kier alpha value is -2.42. The Morgan fingerprint density at radius 2 is 1.58 bits per heavy atom. The molecule has 0 amide bonds. The molecule has 2 N–H and O–H groups in total. The van der Waals surface area contributed by atoms with Crippen molar-refractivity contribution in [2.24, 2.45) is 0 Å². The van der Waals surface area contributed by atoms with Gasteiger partial charge in [-0.2, -0.15) is 0 Å². The van der Waals surface area contributed by atoms with Gasteiger partial charge in [-0.3, -0.25) is 0 Å². The molecular weight excluding hydrogens is 234 g/mol. The quantitative estimate of drug-likeness (QED) is 0.718. The first kappa shape index (κ1) is 11.7. The Bertz CT molecular complexity index is 743. The van der Waals surface area contributed by atoms with Gasteiger partial charge in [0.15, 0.2) is 0 Å². The number of fused-ring (bicyclic) bond motifs is 1. The van der Waals surface area contributed by atoms with Crippen LogP contribution in [0.25, 0.3) is 22.2 Å². The third kappa shape index (κ3) is 2.15. The van der Waals surface area contributed by atoms with Gasteiger partial charge in [-0.25, -0.2) is 9.97 Å². The SMILES string of the molecule is Cc1cc(C)cc(-c2nc(N)nc3ccccc23)c1. The van der Waals surface area contributed by atoms with Crippen LogP contribution in [0.3, 0.4) is 0 Å². The topological polar surface area (TPSA) is 51.8 Å². The van der Waals surface area contributed by atoms with E-state index in [1.807, 2.05) is 24.3 Å². The van der Waals surface area contributed by atoms with Crippen LogP contribution in [-0.4, -0.2) is 9.97 Å². The summed E-state index contributed by atoms with van der Waals surface area (Å²) < 4.78 is 0. The number of hydrogen-bond donors (Lipinski definition) is 1. The highest BCUT2D eigenvalue weighted by molar-refractivity contribution is 5.93. The minimum Gasteiger partial charge on any atom is -0.368 e. The predicted octanol–water partition coefficient (Wildman–Crippen LogP) is 3.50. The molecule has 0 radical (unpaired) electrons. The van der Waals surface area contributed by atoms with Gasteiger partial charge in [0, 0.05) is 10.9 Å². The lowest BCUT2D eigenvalue weighted by Crippen LogP contribution is -1.98. The monoisotopic (exact) mass is 249 g/mol. The number of benzene rings is 2. The molecule has 0 fully saturated rings. The molecule has 0 unspecified atom stereocenters. The summed E-state index contributed by atoms with van der Waals surface area (Å²) in [5.74, 6) is 0.313. The van der Waals surface area contributed by atoms with Crippen LogP contribution in [0.2, 0.25) is 0 Å². The minimum atomic E-state index is 0.313. The number of aryl methyl sites for hydroxylation is 2. The molecule has 3 aromatic rings. The third-order valence-electron chi connectivity index (χ3n) is 3.12. The average Bonchev–Trinajstić information content (AvgIpc) is 2.36. The van der Waals surface area contributed by atoms with E-state index in [4.69, 9.17) is 5.73 Å². The van der Waals surface area contributed by atoms with Gasteiger partial charge < -0.3 is 5.73 Å². The van der Waals surface area contributed by atoms with Gasteiger partial charge in [0.2, 0.25) is 5.95 Å². The highest BCUT2D eigenvalue weighted by Gasteiger charge is 2.08. The number of hydrogen-bond acceptors (Lipinski definition) is 3. The number of nitrogen functional groups attached to an aromatic ring is 1. The maximum absolute atomic E-state index is 5.82. The fraction of sp³-hybridized carbons (Fsp3) is 0.125. The molecule has 0 aliphatic rings. The van der Waals surface area contributed by atoms with Crippen molar-refractivity contribution in [1.29, 1.82) is 0 Å². The number of rotatable bonds is 1. The molecule has 0 saturated carbocycles. The Morgan fingerprint density at radius 1 is 0.895 bits per heavy atom. The van der Waals surface area contributed by atoms with Gasteiger partial charge in [-0.15, -0.1) is 0 Å². The summed E-state index contributed by atoms with van der Waals surface area (Å²) in [6.07, 6.45) is 0. The zero-order valence-electron chi connectivity index (χ0n) is 11.0. The van der Waals surface area contributed by atoms with E-state index in [1.54, 1.807) is 0 Å². The summed E-state index contributed by atoms with van der Waals surface area (Å²) in [5, 5.41) is 1.03. The third-order valence-corrected chi connectivity index (χ3v) is 3.12. The lowest BCUT2D eigenvalue weighted by Gasteiger charge is -2.08. The normalized spacial score (nSPS) is 10.8. The van der Waals surface area contributed by atoms with Crippen molar-refractivity contribution < 1.29 is 0 Å². The van der Waals surface area contributed by atoms with E-state index in [-0.39, 0.29) is 0 Å². The van der Waals surface area contributed by atoms with Gasteiger partial charge in [0.05, 0.1) is 11.2 Å². The maximum atomic E-state index is 5.82. The van der Waals surface area contributed by atoms with E-state index in [0.717, 1.165) is 22.2 Å². The van der Waals surface area contributed by atoms with Crippen LogP contribution in [-0.2, 0) is 0 Å². The second-order valence-electron chi connectivity index (χ2n) is 4.82. The molecule has 0 atom stereocenters. The van der Waals surface area contributed by atoms with Crippen LogP contribution in [0, 0.1) is 13.8 Å². The van der Waals surface area contributed by atoms with Gasteiger partial charge in [-0.1, -0.05) is 35.4 Å². The van der Waals surface area contributed by atoms with Crippen molar-refractivity contribution in [3.63, 3.8) is 0 Å². The molecule has 1 heterocycles. The fourth-order valence-electron chi connectivity index (χ4n) is 2.43. The zero-order valence-corrected chi connectivity index (χ0v) is 11.0. The summed E-state index contributed by atoms with van der Waals surface area (Å²) in [5.41, 5.74) is 11.1. The summed E-state index contributed by atoms with van der Waals surface area (Å²) in [6.45, 7) is 4.17. The molecular formula is C16H15N3. The van der Waals surface area contributed by atoms with Crippen LogP contribution in [0.5, 0.6) is 0 Å². The van der Waals surface area contributed by atoms with Gasteiger partial charge in [0.25, 0.3) is 0 Å². The van der Waals surface area contributed by atoms with E-state index >= 15 is 0 Å². The number of anilines is 1. The van der Waals surface area contributed by atoms with Crippen molar-refractivity contribution in [3.05, 3.63) is 53.6 Å². The lowest BCUT2D eigenvalue weighted by molar-refractivity contribution is 1.23.